The van der Waals surface area contributed by atoms with Gasteiger partial charge in [-0.1, -0.05) is 13.3 Å². The molecule has 0 amide bonds. The fourth-order valence-corrected chi connectivity index (χ4v) is 0.409. The van der Waals surface area contributed by atoms with Crippen LogP contribution in [0, 0.1) is 16.7 Å². The highest BCUT2D eigenvalue weighted by atomic mass is 14.4. The number of hydrogen-bond donors (Lipinski definition) is 1. The molecule has 8 heavy (non-hydrogen) atoms. The summed E-state index contributed by atoms with van der Waals surface area (Å²) in [6.45, 7) is 2.05. The fourth-order valence-electron chi connectivity index (χ4n) is 0.409. The molecule has 0 atom stereocenters. The van der Waals surface area contributed by atoms with E-state index in [4.69, 9.17) is 10.7 Å². The van der Waals surface area contributed by atoms with Gasteiger partial charge in [0.05, 0.1) is 0 Å². The van der Waals surface area contributed by atoms with Gasteiger partial charge in [-0.2, -0.15) is 5.26 Å². The molecule has 0 aromatic heterocycles. The summed E-state index contributed by atoms with van der Waals surface area (Å²) in [5.74, 6) is 0. The smallest absolute Gasteiger partial charge is 0.114 e. The molecule has 0 rings (SSSR count). The first-order chi connectivity index (χ1) is 3.81. The number of nitrogens with zero attached hydrogens (tertiary/aromatic N) is 1. The van der Waals surface area contributed by atoms with Gasteiger partial charge >= 0.3 is 0 Å². The third kappa shape index (κ3) is 3.35. The van der Waals surface area contributed by atoms with Crippen LogP contribution in [-0.4, -0.2) is 5.71 Å². The number of nitriles is 1. The molecule has 1 N–H and O–H groups in total. The normalized spacial score (nSPS) is 8.00. The van der Waals surface area contributed by atoms with Crippen molar-refractivity contribution in [2.24, 2.45) is 0 Å². The van der Waals surface area contributed by atoms with E-state index in [-0.39, 0.29) is 5.71 Å². The van der Waals surface area contributed by atoms with Crippen LogP contribution in [0.15, 0.2) is 0 Å². The molecule has 2 nitrogen and oxygen atoms in total. The van der Waals surface area contributed by atoms with Crippen molar-refractivity contribution in [1.82, 2.24) is 0 Å². The monoisotopic (exact) mass is 110 g/mol. The van der Waals surface area contributed by atoms with Crippen LogP contribution in [0.5, 0.6) is 0 Å². The summed E-state index contributed by atoms with van der Waals surface area (Å²) in [7, 11) is 0. The minimum Gasteiger partial charge on any atom is -0.294 e. The number of unbranched alkanes of at least 4 members (excludes halogenated alkanes) is 1. The van der Waals surface area contributed by atoms with E-state index in [2.05, 4.69) is 0 Å². The van der Waals surface area contributed by atoms with Crippen molar-refractivity contribution in [3.63, 3.8) is 0 Å². The zero-order valence-corrected chi connectivity index (χ0v) is 5.07. The Labute approximate surface area is 49.6 Å². The summed E-state index contributed by atoms with van der Waals surface area (Å²) in [4.78, 5) is 0. The second kappa shape index (κ2) is 4.32. The first kappa shape index (κ1) is 7.16. The molecule has 0 bridgehead atoms. The van der Waals surface area contributed by atoms with Gasteiger partial charge in [0.1, 0.15) is 11.8 Å². The molecule has 0 aromatic rings. The average molecular weight is 110 g/mol. The van der Waals surface area contributed by atoms with E-state index in [0.717, 1.165) is 12.8 Å². The van der Waals surface area contributed by atoms with E-state index in [1.165, 1.54) is 0 Å². The lowest BCUT2D eigenvalue weighted by molar-refractivity contribution is 0.835. The molecule has 0 saturated heterocycles. The highest BCUT2D eigenvalue weighted by Crippen LogP contribution is 1.93. The van der Waals surface area contributed by atoms with E-state index in [1.807, 2.05) is 6.92 Å². The van der Waals surface area contributed by atoms with E-state index in [0.29, 0.717) is 6.42 Å². The molecule has 0 heterocycles. The van der Waals surface area contributed by atoms with Gasteiger partial charge in [0.2, 0.25) is 0 Å². The fraction of sp³-hybridized carbons (Fsp3) is 0.667. The predicted molar refractivity (Wildman–Crippen MR) is 32.9 cm³/mol. The molecular formula is C6H10N2. The van der Waals surface area contributed by atoms with Crippen molar-refractivity contribution in [2.75, 3.05) is 0 Å². The first-order valence-corrected chi connectivity index (χ1v) is 2.78. The van der Waals surface area contributed by atoms with Crippen LogP contribution in [0.4, 0.5) is 0 Å². The summed E-state index contributed by atoms with van der Waals surface area (Å²) >= 11 is 0. The highest BCUT2D eigenvalue weighted by Gasteiger charge is 1.89. The van der Waals surface area contributed by atoms with Crippen molar-refractivity contribution in [2.45, 2.75) is 26.2 Å². The zero-order valence-electron chi connectivity index (χ0n) is 5.07. The molecule has 0 spiro atoms. The first-order valence-electron chi connectivity index (χ1n) is 2.78. The van der Waals surface area contributed by atoms with Crippen LogP contribution in [0.2, 0.25) is 0 Å². The second-order valence-corrected chi connectivity index (χ2v) is 1.69. The largest absolute Gasteiger partial charge is 0.294 e. The molecule has 0 saturated carbocycles. The lowest BCUT2D eigenvalue weighted by Crippen LogP contribution is -1.88. The van der Waals surface area contributed by atoms with E-state index < -0.39 is 0 Å². The van der Waals surface area contributed by atoms with Crippen LogP contribution in [0.3, 0.4) is 0 Å². The molecule has 0 radical (unpaired) electrons. The Morgan fingerprint density at radius 1 is 1.75 bits per heavy atom. The predicted octanol–water partition coefficient (Wildman–Crippen LogP) is 1.72. The van der Waals surface area contributed by atoms with E-state index in [1.54, 1.807) is 6.07 Å². The molecule has 0 fully saturated rings. The quantitative estimate of drug-likeness (QED) is 0.552. The maximum Gasteiger partial charge on any atom is 0.114 e. The number of rotatable bonds is 3. The van der Waals surface area contributed by atoms with Crippen molar-refractivity contribution in [3.05, 3.63) is 0 Å². The van der Waals surface area contributed by atoms with Crippen molar-refractivity contribution >= 4 is 5.71 Å². The molecule has 0 aliphatic heterocycles. The minimum absolute atomic E-state index is 0.201. The lowest BCUT2D eigenvalue weighted by Gasteiger charge is -1.87. The van der Waals surface area contributed by atoms with Gasteiger partial charge in [0.15, 0.2) is 0 Å². The summed E-state index contributed by atoms with van der Waals surface area (Å²) in [6, 6.07) is 1.78. The molecule has 0 unspecified atom stereocenters. The van der Waals surface area contributed by atoms with Crippen molar-refractivity contribution in [1.29, 1.82) is 10.7 Å². The topological polar surface area (TPSA) is 47.6 Å². The van der Waals surface area contributed by atoms with Crippen molar-refractivity contribution < 1.29 is 0 Å². The molecule has 0 aliphatic carbocycles. The SMILES string of the molecule is CCCCC(=N)C#N. The van der Waals surface area contributed by atoms with Gasteiger partial charge in [-0.25, -0.2) is 0 Å². The lowest BCUT2D eigenvalue weighted by atomic mass is 10.2. The third-order valence-corrected chi connectivity index (χ3v) is 0.915. The Morgan fingerprint density at radius 2 is 2.38 bits per heavy atom. The summed E-state index contributed by atoms with van der Waals surface area (Å²) in [5, 5.41) is 15.0. The molecular weight excluding hydrogens is 100 g/mol. The Bertz CT molecular complexity index is 110. The zero-order chi connectivity index (χ0) is 6.41. The Balaban J connectivity index is 3.16. The van der Waals surface area contributed by atoms with Crippen molar-refractivity contribution in [3.8, 4) is 6.07 Å². The highest BCUT2D eigenvalue weighted by molar-refractivity contribution is 5.95. The van der Waals surface area contributed by atoms with Crippen LogP contribution >= 0.6 is 0 Å². The molecule has 0 aromatic carbocycles. The summed E-state index contributed by atoms with van der Waals surface area (Å²) in [6.07, 6.45) is 2.67. The number of hydrogen-bond acceptors (Lipinski definition) is 2. The number of nitrogens with one attached hydrogen (secondary N) is 1. The van der Waals surface area contributed by atoms with E-state index >= 15 is 0 Å². The van der Waals surface area contributed by atoms with Crippen LogP contribution < -0.4 is 0 Å². The van der Waals surface area contributed by atoms with Crippen LogP contribution in [0.25, 0.3) is 0 Å². The summed E-state index contributed by atoms with van der Waals surface area (Å²) < 4.78 is 0. The second-order valence-electron chi connectivity index (χ2n) is 1.69. The van der Waals surface area contributed by atoms with Gasteiger partial charge in [-0.15, -0.1) is 0 Å². The maximum absolute atomic E-state index is 8.09. The van der Waals surface area contributed by atoms with Gasteiger partial charge in [0.25, 0.3) is 0 Å². The van der Waals surface area contributed by atoms with Gasteiger partial charge in [-0.3, -0.25) is 5.41 Å². The minimum atomic E-state index is 0.201. The molecule has 2 heteroatoms. The Kier molecular flexibility index (Phi) is 3.87. The third-order valence-electron chi connectivity index (χ3n) is 0.915. The molecule has 0 aliphatic rings. The van der Waals surface area contributed by atoms with Crippen LogP contribution in [-0.2, 0) is 0 Å². The Morgan fingerprint density at radius 3 is 2.75 bits per heavy atom. The van der Waals surface area contributed by atoms with Crippen LogP contribution in [0.1, 0.15) is 26.2 Å². The standard InChI is InChI=1S/C6H10N2/c1-2-3-4-6(8)5-7/h8H,2-4H2,1H3. The average Bonchev–Trinajstić information content (AvgIpc) is 1.83. The van der Waals surface area contributed by atoms with Gasteiger partial charge < -0.3 is 0 Å². The molecule has 44 valence electrons. The van der Waals surface area contributed by atoms with Gasteiger partial charge in [0, 0.05) is 0 Å². The maximum atomic E-state index is 8.09. The summed E-state index contributed by atoms with van der Waals surface area (Å²) in [5.41, 5.74) is 0.201. The van der Waals surface area contributed by atoms with Gasteiger partial charge in [-0.05, 0) is 12.8 Å². The Hall–Kier alpha value is -0.840. The van der Waals surface area contributed by atoms with E-state index in [9.17, 15) is 0 Å².